The zero-order chi connectivity index (χ0) is 14.8. The fourth-order valence-electron chi connectivity index (χ4n) is 2.43. The molecule has 1 fully saturated rings. The molecule has 20 heavy (non-hydrogen) atoms. The van der Waals surface area contributed by atoms with E-state index in [2.05, 4.69) is 20.7 Å². The van der Waals surface area contributed by atoms with Crippen LogP contribution in [0.1, 0.15) is 24.8 Å². The predicted octanol–water partition coefficient (Wildman–Crippen LogP) is 1.75. The number of halogens is 1. The van der Waals surface area contributed by atoms with Crippen molar-refractivity contribution in [3.8, 4) is 0 Å². The number of ether oxygens (including phenoxy) is 1. The van der Waals surface area contributed by atoms with Crippen LogP contribution in [0, 0.1) is 0 Å². The summed E-state index contributed by atoms with van der Waals surface area (Å²) in [6, 6.07) is 4.98. The molecule has 1 aromatic carbocycles. The second-order valence-corrected chi connectivity index (χ2v) is 7.49. The van der Waals surface area contributed by atoms with Crippen LogP contribution >= 0.6 is 15.9 Å². The molecule has 0 radical (unpaired) electrons. The van der Waals surface area contributed by atoms with Gasteiger partial charge in [0.05, 0.1) is 11.0 Å². The van der Waals surface area contributed by atoms with Crippen molar-refractivity contribution in [3.63, 3.8) is 0 Å². The van der Waals surface area contributed by atoms with Crippen molar-refractivity contribution >= 4 is 26.0 Å². The van der Waals surface area contributed by atoms with Gasteiger partial charge in [-0.05, 0) is 52.9 Å². The Bertz CT molecular complexity index is 577. The summed E-state index contributed by atoms with van der Waals surface area (Å²) < 4.78 is 33.3. The lowest BCUT2D eigenvalue weighted by Gasteiger charge is -2.14. The van der Waals surface area contributed by atoms with E-state index >= 15 is 0 Å². The molecule has 0 heterocycles. The minimum absolute atomic E-state index is 0.0639. The summed E-state index contributed by atoms with van der Waals surface area (Å²) in [6.45, 7) is 0.379. The maximum Gasteiger partial charge on any atom is 0.241 e. The van der Waals surface area contributed by atoms with Crippen molar-refractivity contribution in [2.24, 2.45) is 5.73 Å². The molecule has 0 bridgehead atoms. The smallest absolute Gasteiger partial charge is 0.241 e. The largest absolute Gasteiger partial charge is 0.381 e. The molecule has 1 aliphatic carbocycles. The van der Waals surface area contributed by atoms with Crippen LogP contribution in [0.2, 0.25) is 0 Å². The van der Waals surface area contributed by atoms with E-state index in [1.807, 2.05) is 0 Å². The van der Waals surface area contributed by atoms with E-state index in [-0.39, 0.29) is 17.0 Å². The number of sulfonamides is 1. The molecule has 7 heteroatoms. The second-order valence-electron chi connectivity index (χ2n) is 4.96. The monoisotopic (exact) mass is 362 g/mol. The van der Waals surface area contributed by atoms with Crippen molar-refractivity contribution in [3.05, 3.63) is 28.2 Å². The highest BCUT2D eigenvalue weighted by atomic mass is 79.9. The van der Waals surface area contributed by atoms with Gasteiger partial charge in [-0.1, -0.05) is 6.07 Å². The maximum atomic E-state index is 12.4. The van der Waals surface area contributed by atoms with Gasteiger partial charge < -0.3 is 10.5 Å². The van der Waals surface area contributed by atoms with Gasteiger partial charge in [0.2, 0.25) is 10.0 Å². The zero-order valence-electron chi connectivity index (χ0n) is 11.3. The molecule has 2 unspecified atom stereocenters. The van der Waals surface area contributed by atoms with E-state index in [9.17, 15) is 8.42 Å². The van der Waals surface area contributed by atoms with E-state index < -0.39 is 10.0 Å². The molecule has 2 atom stereocenters. The number of methoxy groups -OCH3 is 1. The molecule has 1 aromatic rings. The number of rotatable bonds is 5. The Morgan fingerprint density at radius 3 is 2.75 bits per heavy atom. The Morgan fingerprint density at radius 2 is 2.20 bits per heavy atom. The third kappa shape index (κ3) is 3.59. The van der Waals surface area contributed by atoms with Gasteiger partial charge in [0.1, 0.15) is 0 Å². The van der Waals surface area contributed by atoms with Gasteiger partial charge >= 0.3 is 0 Å². The number of hydrogen-bond donors (Lipinski definition) is 2. The van der Waals surface area contributed by atoms with Gasteiger partial charge in [-0.2, -0.15) is 0 Å². The van der Waals surface area contributed by atoms with E-state index in [4.69, 9.17) is 10.5 Å². The molecule has 1 aliphatic rings. The van der Waals surface area contributed by atoms with Crippen LogP contribution in [0.4, 0.5) is 0 Å². The highest BCUT2D eigenvalue weighted by molar-refractivity contribution is 9.10. The van der Waals surface area contributed by atoms with Crippen LogP contribution in [-0.4, -0.2) is 27.7 Å². The molecule has 0 aliphatic heterocycles. The van der Waals surface area contributed by atoms with Crippen molar-refractivity contribution in [2.75, 3.05) is 7.11 Å². The molecular formula is C13H19BrN2O3S. The summed E-state index contributed by atoms with van der Waals surface area (Å²) in [7, 11) is -1.87. The van der Waals surface area contributed by atoms with Crippen LogP contribution < -0.4 is 10.5 Å². The Labute approximate surface area is 128 Å². The molecule has 0 amide bonds. The summed E-state index contributed by atoms with van der Waals surface area (Å²) >= 11 is 3.30. The van der Waals surface area contributed by atoms with E-state index in [1.165, 1.54) is 0 Å². The van der Waals surface area contributed by atoms with Crippen LogP contribution in [0.25, 0.3) is 0 Å². The Kier molecular flexibility index (Phi) is 5.19. The fourth-order valence-corrected chi connectivity index (χ4v) is 4.84. The summed E-state index contributed by atoms with van der Waals surface area (Å²) in [5, 5.41) is 0. The lowest BCUT2D eigenvalue weighted by atomic mass is 10.2. The van der Waals surface area contributed by atoms with Gasteiger partial charge in [-0.3, -0.25) is 0 Å². The molecule has 112 valence electrons. The Morgan fingerprint density at radius 1 is 1.45 bits per heavy atom. The molecule has 0 aromatic heterocycles. The summed E-state index contributed by atoms with van der Waals surface area (Å²) in [5.74, 6) is 0. The highest BCUT2D eigenvalue weighted by Crippen LogP contribution is 2.26. The van der Waals surface area contributed by atoms with Crippen LogP contribution in [0.3, 0.4) is 0 Å². The first-order valence-electron chi connectivity index (χ1n) is 6.50. The van der Waals surface area contributed by atoms with Crippen molar-refractivity contribution in [1.29, 1.82) is 0 Å². The first-order chi connectivity index (χ1) is 9.46. The van der Waals surface area contributed by atoms with Gasteiger partial charge in [-0.25, -0.2) is 13.1 Å². The number of benzene rings is 1. The van der Waals surface area contributed by atoms with E-state index in [1.54, 1.807) is 25.3 Å². The van der Waals surface area contributed by atoms with Gasteiger partial charge in [0.25, 0.3) is 0 Å². The van der Waals surface area contributed by atoms with E-state index in [0.29, 0.717) is 17.4 Å². The third-order valence-electron chi connectivity index (χ3n) is 3.56. The fraction of sp³-hybridized carbons (Fsp3) is 0.538. The second kappa shape index (κ2) is 6.53. The summed E-state index contributed by atoms with van der Waals surface area (Å²) in [4.78, 5) is 0.246. The summed E-state index contributed by atoms with van der Waals surface area (Å²) in [6.07, 6.45) is 2.55. The van der Waals surface area contributed by atoms with Gasteiger partial charge in [0, 0.05) is 24.2 Å². The molecule has 5 nitrogen and oxygen atoms in total. The van der Waals surface area contributed by atoms with Gasteiger partial charge in [-0.15, -0.1) is 0 Å². The van der Waals surface area contributed by atoms with Crippen LogP contribution in [0.5, 0.6) is 0 Å². The molecular weight excluding hydrogens is 344 g/mol. The van der Waals surface area contributed by atoms with E-state index in [0.717, 1.165) is 18.4 Å². The average molecular weight is 363 g/mol. The zero-order valence-corrected chi connectivity index (χ0v) is 13.7. The standard InChI is InChI=1S/C13H19BrN2O3S/c1-19-11-4-3-10(7-11)16-20(17,18)13-5-2-9(8-15)6-12(13)14/h2,5-6,10-11,16H,3-4,7-8,15H2,1H3. The maximum absolute atomic E-state index is 12.4. The van der Waals surface area contributed by atoms with Crippen LogP contribution in [0.15, 0.2) is 27.6 Å². The molecule has 2 rings (SSSR count). The highest BCUT2D eigenvalue weighted by Gasteiger charge is 2.29. The number of nitrogens with two attached hydrogens (primary N) is 1. The first kappa shape index (κ1) is 15.9. The molecule has 3 N–H and O–H groups in total. The first-order valence-corrected chi connectivity index (χ1v) is 8.77. The minimum Gasteiger partial charge on any atom is -0.381 e. The topological polar surface area (TPSA) is 81.4 Å². The number of hydrogen-bond acceptors (Lipinski definition) is 4. The van der Waals surface area contributed by atoms with Crippen molar-refractivity contribution < 1.29 is 13.2 Å². The average Bonchev–Trinajstić information content (AvgIpc) is 2.85. The minimum atomic E-state index is -3.52. The molecule has 0 saturated heterocycles. The predicted molar refractivity (Wildman–Crippen MR) is 80.8 cm³/mol. The Hall–Kier alpha value is -0.470. The lowest BCUT2D eigenvalue weighted by molar-refractivity contribution is 0.107. The normalized spacial score (nSPS) is 23.1. The SMILES string of the molecule is COC1CCC(NS(=O)(=O)c2ccc(CN)cc2Br)C1. The summed E-state index contributed by atoms with van der Waals surface area (Å²) in [5.41, 5.74) is 6.43. The van der Waals surface area contributed by atoms with Crippen LogP contribution in [-0.2, 0) is 21.3 Å². The van der Waals surface area contributed by atoms with Gasteiger partial charge in [0.15, 0.2) is 0 Å². The Balaban J connectivity index is 2.14. The quantitative estimate of drug-likeness (QED) is 0.835. The molecule has 0 spiro atoms. The van der Waals surface area contributed by atoms with Crippen molar-refractivity contribution in [2.45, 2.75) is 42.8 Å². The number of nitrogens with one attached hydrogen (secondary N) is 1. The van der Waals surface area contributed by atoms with Crippen molar-refractivity contribution in [1.82, 2.24) is 4.72 Å². The lowest BCUT2D eigenvalue weighted by Crippen LogP contribution is -2.33. The third-order valence-corrected chi connectivity index (χ3v) is 6.06. The molecule has 1 saturated carbocycles.